The fraction of sp³-hybridized carbons (Fsp3) is 0.333. The van der Waals surface area contributed by atoms with Crippen molar-refractivity contribution in [3.8, 4) is 6.19 Å². The van der Waals surface area contributed by atoms with Gasteiger partial charge >= 0.3 is 0 Å². The van der Waals surface area contributed by atoms with Crippen LogP contribution in [0.3, 0.4) is 0 Å². The van der Waals surface area contributed by atoms with Crippen molar-refractivity contribution >= 4 is 63.6 Å². The number of amides is 2. The van der Waals surface area contributed by atoms with Crippen LogP contribution in [0.4, 0.5) is 11.4 Å². The summed E-state index contributed by atoms with van der Waals surface area (Å²) < 4.78 is 11.3. The van der Waals surface area contributed by atoms with Gasteiger partial charge in [-0.3, -0.25) is 9.59 Å². The summed E-state index contributed by atoms with van der Waals surface area (Å²) in [5.41, 5.74) is -0.107. The van der Waals surface area contributed by atoms with E-state index in [2.05, 4.69) is 15.6 Å². The molecule has 2 amide bonds. The molecule has 3 heterocycles. The summed E-state index contributed by atoms with van der Waals surface area (Å²) in [4.78, 5) is 31.9. The number of aliphatic imine (C=N–C) groups is 1. The van der Waals surface area contributed by atoms with Crippen molar-refractivity contribution in [3.05, 3.63) is 44.6 Å². The average Bonchev–Trinajstić information content (AvgIpc) is 3.45. The Labute approximate surface area is 203 Å². The molecule has 1 aromatic heterocycles. The monoisotopic (exact) mass is 507 g/mol. The minimum atomic E-state index is -1.21. The lowest BCUT2D eigenvalue weighted by molar-refractivity contribution is -0.122. The second-order valence-corrected chi connectivity index (χ2v) is 9.52. The van der Waals surface area contributed by atoms with Crippen molar-refractivity contribution in [1.82, 2.24) is 5.32 Å². The van der Waals surface area contributed by atoms with Crippen molar-refractivity contribution in [2.24, 2.45) is 4.99 Å². The van der Waals surface area contributed by atoms with Gasteiger partial charge in [-0.1, -0.05) is 23.2 Å². The molecule has 2 saturated heterocycles. The Morgan fingerprint density at radius 1 is 1.21 bits per heavy atom. The topological polar surface area (TPSA) is 116 Å². The summed E-state index contributed by atoms with van der Waals surface area (Å²) in [6.45, 7) is 1.57. The Kier molecular flexibility index (Phi) is 7.17. The molecule has 0 saturated carbocycles. The number of carbonyl (C=O) groups excluding carboxylic acids is 2. The van der Waals surface area contributed by atoms with E-state index in [1.807, 2.05) is 0 Å². The second kappa shape index (κ2) is 10.1. The lowest BCUT2D eigenvalue weighted by Gasteiger charge is -2.30. The zero-order chi connectivity index (χ0) is 23.4. The average molecular weight is 508 g/mol. The number of hydrogen-bond acceptors (Lipinski definition) is 7. The Hall–Kier alpha value is -2.68. The van der Waals surface area contributed by atoms with Crippen molar-refractivity contribution in [2.75, 3.05) is 43.2 Å². The van der Waals surface area contributed by atoms with Crippen LogP contribution < -0.4 is 15.5 Å². The van der Waals surface area contributed by atoms with Gasteiger partial charge in [0.05, 0.1) is 33.1 Å². The molecule has 2 fully saturated rings. The first-order valence-electron chi connectivity index (χ1n) is 9.99. The maximum Gasteiger partial charge on any atom is 0.262 e. The Balaban J connectivity index is 1.51. The third-order valence-corrected chi connectivity index (χ3v) is 6.82. The molecule has 2 N–H and O–H groups in total. The maximum absolute atomic E-state index is 13.2. The van der Waals surface area contributed by atoms with Crippen LogP contribution >= 0.6 is 34.5 Å². The van der Waals surface area contributed by atoms with E-state index in [9.17, 15) is 9.59 Å². The normalized spacial score (nSPS) is 21.6. The van der Waals surface area contributed by atoms with Gasteiger partial charge in [0.25, 0.3) is 11.8 Å². The quantitative estimate of drug-likeness (QED) is 0.599. The fourth-order valence-electron chi connectivity index (χ4n) is 3.61. The summed E-state index contributed by atoms with van der Waals surface area (Å²) in [6, 6.07) is 8.28. The number of halogens is 2. The van der Waals surface area contributed by atoms with E-state index in [0.717, 1.165) is 11.3 Å². The lowest BCUT2D eigenvalue weighted by atomic mass is 9.97. The number of amidine groups is 1. The van der Waals surface area contributed by atoms with Gasteiger partial charge in [-0.2, -0.15) is 10.3 Å². The molecule has 0 radical (unpaired) electrons. The summed E-state index contributed by atoms with van der Waals surface area (Å²) in [6.07, 6.45) is 2.10. The van der Waals surface area contributed by atoms with Crippen molar-refractivity contribution < 1.29 is 19.1 Å². The van der Waals surface area contributed by atoms with Crippen LogP contribution in [-0.2, 0) is 14.3 Å². The van der Waals surface area contributed by atoms with E-state index < -0.39 is 17.4 Å². The van der Waals surface area contributed by atoms with Crippen LogP contribution in [0.5, 0.6) is 0 Å². The number of carbonyl (C=O) groups is 2. The predicted octanol–water partition coefficient (Wildman–Crippen LogP) is 3.30. The van der Waals surface area contributed by atoms with Crippen molar-refractivity contribution in [2.45, 2.75) is 12.0 Å². The minimum absolute atomic E-state index is 0.0528. The molecule has 172 valence electrons. The van der Waals surface area contributed by atoms with Crippen LogP contribution in [0.25, 0.3) is 0 Å². The zero-order valence-electron chi connectivity index (χ0n) is 17.3. The molecule has 1 aromatic carbocycles. The summed E-state index contributed by atoms with van der Waals surface area (Å²) in [5.74, 6) is -0.337. The highest BCUT2D eigenvalue weighted by molar-refractivity contribution is 7.18. The molecule has 0 spiro atoms. The van der Waals surface area contributed by atoms with Crippen LogP contribution in [-0.4, -0.2) is 56.2 Å². The standard InChI is InChI=1S/C21H19Cl2N5O4S/c22-14-9-13(1-2-15(14)28-6-8-31-10-18(28)25-12-24)26-20(30)21(5-7-32-11-21)27-19(29)16-3-4-17(23)33-16/h1-4,9H,5-8,10-11H2,(H,26,30)(H,27,29)/b25-18-/t21-/m1/s1. The fourth-order valence-corrected chi connectivity index (χ4v) is 4.83. The Bertz CT molecular complexity index is 1140. The Morgan fingerprint density at radius 3 is 2.73 bits per heavy atom. The van der Waals surface area contributed by atoms with Gasteiger partial charge in [-0.25, -0.2) is 0 Å². The van der Waals surface area contributed by atoms with Gasteiger partial charge in [0.1, 0.15) is 18.0 Å². The van der Waals surface area contributed by atoms with E-state index in [1.54, 1.807) is 41.4 Å². The molecule has 4 rings (SSSR count). The molecule has 2 aliphatic rings. The first-order chi connectivity index (χ1) is 15.9. The van der Waals surface area contributed by atoms with Crippen LogP contribution in [0, 0.1) is 11.5 Å². The molecule has 2 aliphatic heterocycles. The van der Waals surface area contributed by atoms with Crippen LogP contribution in [0.15, 0.2) is 35.3 Å². The first-order valence-corrected chi connectivity index (χ1v) is 11.6. The van der Waals surface area contributed by atoms with E-state index in [0.29, 0.717) is 57.6 Å². The molecule has 2 aromatic rings. The smallest absolute Gasteiger partial charge is 0.262 e. The van der Waals surface area contributed by atoms with Gasteiger partial charge in [0, 0.05) is 25.3 Å². The van der Waals surface area contributed by atoms with Crippen molar-refractivity contribution in [1.29, 1.82) is 5.26 Å². The van der Waals surface area contributed by atoms with Gasteiger partial charge in [0.15, 0.2) is 0 Å². The van der Waals surface area contributed by atoms with Crippen LogP contribution in [0.2, 0.25) is 9.36 Å². The third kappa shape index (κ3) is 5.13. The third-order valence-electron chi connectivity index (χ3n) is 5.28. The molecule has 0 unspecified atom stereocenters. The number of nitriles is 1. The number of rotatable bonds is 5. The number of ether oxygens (including phenoxy) is 2. The number of benzene rings is 1. The van der Waals surface area contributed by atoms with Gasteiger partial charge in [-0.15, -0.1) is 11.3 Å². The largest absolute Gasteiger partial charge is 0.378 e. The molecule has 1 atom stereocenters. The van der Waals surface area contributed by atoms with E-state index in [4.69, 9.17) is 37.9 Å². The highest BCUT2D eigenvalue weighted by Crippen LogP contribution is 2.31. The predicted molar refractivity (Wildman–Crippen MR) is 126 cm³/mol. The molecule has 0 aliphatic carbocycles. The molecule has 12 heteroatoms. The highest BCUT2D eigenvalue weighted by Gasteiger charge is 2.44. The van der Waals surface area contributed by atoms with Gasteiger partial charge < -0.3 is 25.0 Å². The SMILES string of the molecule is N#C/N=C1/COCCN1c1ccc(NC(=O)[C@@]2(NC(=O)c3ccc(Cl)s3)CCOC2)cc1Cl. The van der Waals surface area contributed by atoms with E-state index >= 15 is 0 Å². The summed E-state index contributed by atoms with van der Waals surface area (Å²) in [7, 11) is 0. The second-order valence-electron chi connectivity index (χ2n) is 7.40. The zero-order valence-corrected chi connectivity index (χ0v) is 19.6. The van der Waals surface area contributed by atoms with E-state index in [1.165, 1.54) is 0 Å². The van der Waals surface area contributed by atoms with Gasteiger partial charge in [-0.05, 0) is 30.3 Å². The van der Waals surface area contributed by atoms with Crippen molar-refractivity contribution in [3.63, 3.8) is 0 Å². The number of nitrogens with zero attached hydrogens (tertiary/aromatic N) is 3. The van der Waals surface area contributed by atoms with E-state index in [-0.39, 0.29) is 13.2 Å². The minimum Gasteiger partial charge on any atom is -0.378 e. The summed E-state index contributed by atoms with van der Waals surface area (Å²) in [5, 5.41) is 14.9. The number of morpholine rings is 1. The molecule has 33 heavy (non-hydrogen) atoms. The molecule has 0 bridgehead atoms. The number of nitrogens with one attached hydrogen (secondary N) is 2. The number of thiophene rings is 1. The Morgan fingerprint density at radius 2 is 2.06 bits per heavy atom. The molecular weight excluding hydrogens is 489 g/mol. The number of hydrogen-bond donors (Lipinski definition) is 2. The van der Waals surface area contributed by atoms with Gasteiger partial charge in [0.2, 0.25) is 6.19 Å². The molecule has 9 nitrogen and oxygen atoms in total. The lowest BCUT2D eigenvalue weighted by Crippen LogP contribution is -2.57. The highest BCUT2D eigenvalue weighted by atomic mass is 35.5. The summed E-state index contributed by atoms with van der Waals surface area (Å²) >= 11 is 13.6. The molecular formula is C21H19Cl2N5O4S. The first kappa shape index (κ1) is 23.5. The van der Waals surface area contributed by atoms with Crippen LogP contribution in [0.1, 0.15) is 16.1 Å². The number of anilines is 2. The maximum atomic E-state index is 13.2.